The molecule has 8 heavy (non-hydrogen) atoms. The highest BCUT2D eigenvalue weighted by atomic mass is 32.2. The molecule has 0 unspecified atom stereocenters. The molecule has 0 aliphatic carbocycles. The van der Waals surface area contributed by atoms with Crippen molar-refractivity contribution in [2.24, 2.45) is 0 Å². The maximum Gasteiger partial charge on any atom is 0.294 e. The van der Waals surface area contributed by atoms with Crippen molar-refractivity contribution in [1.29, 1.82) is 0 Å². The van der Waals surface area contributed by atoms with Crippen molar-refractivity contribution in [1.82, 2.24) is 0 Å². The van der Waals surface area contributed by atoms with Crippen molar-refractivity contribution < 1.29 is 26.8 Å². The fourth-order valence-corrected chi connectivity index (χ4v) is 0. The summed E-state index contributed by atoms with van der Waals surface area (Å²) in [6, 6.07) is -1.70. The molecule has 3 nitrogen and oxygen atoms in total. The van der Waals surface area contributed by atoms with E-state index in [-0.39, 0.29) is 9.41 Å². The number of alkyl halides is 1. The average molecular weight is 154 g/mol. The molecule has 0 aromatic carbocycles. The molecule has 0 fully saturated rings. The molecule has 54 valence electrons. The van der Waals surface area contributed by atoms with Gasteiger partial charge in [-0.1, -0.05) is 0 Å². The lowest BCUT2D eigenvalue weighted by Gasteiger charge is -1.77. The van der Waals surface area contributed by atoms with Crippen molar-refractivity contribution in [3.8, 4) is 0 Å². The van der Waals surface area contributed by atoms with Gasteiger partial charge in [0.25, 0.3) is 10.1 Å². The van der Waals surface area contributed by atoms with Gasteiger partial charge in [0.05, 0.1) is 0 Å². The number of hydrogen-bond donors (Lipinski definition) is 1. The summed E-state index contributed by atoms with van der Waals surface area (Å²) in [5, 5.41) is 0. The lowest BCUT2D eigenvalue weighted by atomic mass is 11.8. The first-order chi connectivity index (χ1) is 2.56. The molecule has 0 aromatic rings. The summed E-state index contributed by atoms with van der Waals surface area (Å²) in [5.74, 6) is 0. The summed E-state index contributed by atoms with van der Waals surface area (Å²) < 4.78 is 36.4. The Morgan fingerprint density at radius 3 is 1.50 bits per heavy atom. The fraction of sp³-hybridized carbons (Fsp3) is 1.00. The van der Waals surface area contributed by atoms with Crippen molar-refractivity contribution in [2.45, 2.75) is 0 Å². The normalized spacial score (nSPS) is 8.75. The first-order valence-corrected chi connectivity index (χ1v) is 2.68. The zero-order valence-corrected chi connectivity index (χ0v) is 4.39. The van der Waals surface area contributed by atoms with Crippen LogP contribution in [-0.2, 0) is 10.1 Å². The monoisotopic (exact) mass is 154 g/mol. The lowest BCUT2D eigenvalue weighted by molar-refractivity contribution is 0.447. The van der Waals surface area contributed by atoms with Crippen LogP contribution in [0.25, 0.3) is 0 Å². The second kappa shape index (κ2) is 4.85. The molecule has 0 heterocycles. The molecule has 0 spiro atoms. The summed E-state index contributed by atoms with van der Waals surface area (Å²) in [4.78, 5) is 0. The molecule has 0 bridgehead atoms. The Labute approximate surface area is 44.0 Å². The molecule has 0 radical (unpaired) electrons. The standard InChI is InChI=1S/CH3FO3S.2FH/c2-1-6(3,4)5;;/h1H2,(H,3,4,5);2*1H. The van der Waals surface area contributed by atoms with Crippen molar-refractivity contribution >= 4 is 10.1 Å². The Hall–Kier alpha value is -0.300. The van der Waals surface area contributed by atoms with E-state index in [1.54, 1.807) is 0 Å². The van der Waals surface area contributed by atoms with E-state index in [0.717, 1.165) is 0 Å². The topological polar surface area (TPSA) is 54.4 Å². The molecule has 7 heteroatoms. The van der Waals surface area contributed by atoms with E-state index in [1.165, 1.54) is 0 Å². The summed E-state index contributed by atoms with van der Waals surface area (Å²) in [6.07, 6.45) is 0. The molecule has 0 atom stereocenters. The van der Waals surface area contributed by atoms with Gasteiger partial charge in [-0.15, -0.1) is 0 Å². The largest absolute Gasteiger partial charge is 0.294 e. The molecule has 0 aliphatic heterocycles. The number of hydrogen-bond acceptors (Lipinski definition) is 2. The molecular weight excluding hydrogens is 149 g/mol. The SMILES string of the molecule is F.F.O=S(=O)(O)CF. The maximum absolute atomic E-state index is 10.7. The third-order valence-corrected chi connectivity index (χ3v) is 0.414. The van der Waals surface area contributed by atoms with Crippen molar-refractivity contribution in [3.05, 3.63) is 0 Å². The summed E-state index contributed by atoms with van der Waals surface area (Å²) in [6.45, 7) is 0. The van der Waals surface area contributed by atoms with E-state index in [9.17, 15) is 12.8 Å². The van der Waals surface area contributed by atoms with Crippen LogP contribution < -0.4 is 0 Å². The smallest absolute Gasteiger partial charge is 0.284 e. The van der Waals surface area contributed by atoms with Crippen LogP contribution in [0.2, 0.25) is 0 Å². The van der Waals surface area contributed by atoms with E-state index in [2.05, 4.69) is 0 Å². The highest BCUT2D eigenvalue weighted by Gasteiger charge is 1.97. The van der Waals surface area contributed by atoms with Crippen LogP contribution in [0.3, 0.4) is 0 Å². The number of halogens is 3. The van der Waals surface area contributed by atoms with Gasteiger partial charge < -0.3 is 0 Å². The van der Waals surface area contributed by atoms with Crippen LogP contribution >= 0.6 is 0 Å². The Morgan fingerprint density at radius 2 is 1.50 bits per heavy atom. The first kappa shape index (κ1) is 15.6. The summed E-state index contributed by atoms with van der Waals surface area (Å²) in [5.41, 5.74) is 0. The van der Waals surface area contributed by atoms with E-state index >= 15 is 0 Å². The lowest BCUT2D eigenvalue weighted by Crippen LogP contribution is -1.96. The van der Waals surface area contributed by atoms with E-state index < -0.39 is 16.1 Å². The maximum atomic E-state index is 10.7. The second-order valence-electron chi connectivity index (χ2n) is 0.691. The van der Waals surface area contributed by atoms with Crippen LogP contribution in [-0.4, -0.2) is 19.0 Å². The van der Waals surface area contributed by atoms with Gasteiger partial charge in [-0.3, -0.25) is 14.0 Å². The molecule has 0 aliphatic rings. The molecule has 0 aromatic heterocycles. The Balaban J connectivity index is -0.000000125. The van der Waals surface area contributed by atoms with Crippen LogP contribution in [0.4, 0.5) is 13.8 Å². The van der Waals surface area contributed by atoms with E-state index in [4.69, 9.17) is 4.55 Å². The molecule has 0 saturated carbocycles. The minimum absolute atomic E-state index is 0. The van der Waals surface area contributed by atoms with Gasteiger partial charge in [0, 0.05) is 0 Å². The Bertz CT molecular complexity index is 116. The summed E-state index contributed by atoms with van der Waals surface area (Å²) >= 11 is 0. The van der Waals surface area contributed by atoms with Gasteiger partial charge in [0.1, 0.15) is 0 Å². The van der Waals surface area contributed by atoms with Gasteiger partial charge in [0.15, 0.2) is 0 Å². The van der Waals surface area contributed by atoms with Crippen LogP contribution in [0.15, 0.2) is 0 Å². The van der Waals surface area contributed by atoms with Crippen molar-refractivity contribution in [3.63, 3.8) is 0 Å². The van der Waals surface area contributed by atoms with Gasteiger partial charge in [-0.25, -0.2) is 4.39 Å². The van der Waals surface area contributed by atoms with Crippen LogP contribution in [0, 0.1) is 0 Å². The second-order valence-corrected chi connectivity index (χ2v) is 2.07. The van der Waals surface area contributed by atoms with Gasteiger partial charge in [-0.05, 0) is 0 Å². The minimum Gasteiger partial charge on any atom is -0.284 e. The average Bonchev–Trinajstić information content (AvgIpc) is 1.35. The van der Waals surface area contributed by atoms with Crippen molar-refractivity contribution in [2.75, 3.05) is 6.01 Å². The van der Waals surface area contributed by atoms with Gasteiger partial charge in [-0.2, -0.15) is 8.42 Å². The Morgan fingerprint density at radius 1 is 1.38 bits per heavy atom. The first-order valence-electron chi connectivity index (χ1n) is 1.07. The number of rotatable bonds is 1. The quantitative estimate of drug-likeness (QED) is 0.545. The molecule has 0 amide bonds. The molecule has 1 N–H and O–H groups in total. The zero-order valence-electron chi connectivity index (χ0n) is 3.57. The predicted molar refractivity (Wildman–Crippen MR) is 22.5 cm³/mol. The van der Waals surface area contributed by atoms with Crippen LogP contribution in [0.1, 0.15) is 0 Å². The van der Waals surface area contributed by atoms with E-state index in [0.29, 0.717) is 0 Å². The highest BCUT2D eigenvalue weighted by Crippen LogP contribution is 1.77. The third kappa shape index (κ3) is 17.3. The highest BCUT2D eigenvalue weighted by molar-refractivity contribution is 7.85. The van der Waals surface area contributed by atoms with Gasteiger partial charge >= 0.3 is 0 Å². The third-order valence-electron chi connectivity index (χ3n) is 0.138. The molecular formula is CH5F3O3S. The van der Waals surface area contributed by atoms with Gasteiger partial charge in [0.2, 0.25) is 6.01 Å². The summed E-state index contributed by atoms with van der Waals surface area (Å²) in [7, 11) is -4.33. The van der Waals surface area contributed by atoms with Crippen LogP contribution in [0.5, 0.6) is 0 Å². The minimum atomic E-state index is -4.33. The fourth-order valence-electron chi connectivity index (χ4n) is 0. The van der Waals surface area contributed by atoms with E-state index in [1.807, 2.05) is 0 Å². The molecule has 0 saturated heterocycles. The Kier molecular flexibility index (Phi) is 9.48. The zero-order chi connectivity index (χ0) is 5.21. The molecule has 0 rings (SSSR count). The predicted octanol–water partition coefficient (Wildman–Crippen LogP) is 0.106.